The van der Waals surface area contributed by atoms with Crippen molar-refractivity contribution >= 4 is 29.3 Å². The average Bonchev–Trinajstić information content (AvgIpc) is 3.47. The number of carbonyl (C=O) groups is 2. The number of anilines is 2. The molecule has 2 amide bonds. The van der Waals surface area contributed by atoms with Gasteiger partial charge in [0.1, 0.15) is 19.3 Å². The third-order valence-corrected chi connectivity index (χ3v) is 6.08. The second-order valence-corrected chi connectivity index (χ2v) is 8.63. The molecule has 0 spiro atoms. The SMILES string of the molecule is O=C(Nc1cccc(C(=O)N(CC=Cc2ccccc2)c2ccc3c(c2)OCCO3)c1)C1CCCO1. The molecule has 0 radical (unpaired) electrons. The van der Waals surface area contributed by atoms with Crippen molar-refractivity contribution < 1.29 is 23.8 Å². The van der Waals surface area contributed by atoms with Crippen LogP contribution in [0.1, 0.15) is 28.8 Å². The van der Waals surface area contributed by atoms with Crippen molar-refractivity contribution in [3.05, 3.63) is 90.0 Å². The number of hydrogen-bond acceptors (Lipinski definition) is 5. The van der Waals surface area contributed by atoms with E-state index in [9.17, 15) is 9.59 Å². The first-order valence-electron chi connectivity index (χ1n) is 12.1. The average molecular weight is 485 g/mol. The van der Waals surface area contributed by atoms with E-state index in [2.05, 4.69) is 5.32 Å². The van der Waals surface area contributed by atoms with Crippen LogP contribution in [-0.2, 0) is 9.53 Å². The maximum Gasteiger partial charge on any atom is 0.258 e. The van der Waals surface area contributed by atoms with Crippen LogP contribution in [0.15, 0.2) is 78.9 Å². The largest absolute Gasteiger partial charge is 0.486 e. The third kappa shape index (κ3) is 5.58. The normalized spacial score (nSPS) is 16.6. The van der Waals surface area contributed by atoms with Gasteiger partial charge < -0.3 is 24.4 Å². The first-order valence-corrected chi connectivity index (χ1v) is 12.1. The minimum atomic E-state index is -0.443. The minimum Gasteiger partial charge on any atom is -0.486 e. The number of rotatable bonds is 7. The van der Waals surface area contributed by atoms with Gasteiger partial charge in [0, 0.05) is 36.2 Å². The molecule has 184 valence electrons. The number of benzene rings is 3. The summed E-state index contributed by atoms with van der Waals surface area (Å²) in [5.74, 6) is 0.890. The molecule has 5 rings (SSSR count). The van der Waals surface area contributed by atoms with E-state index in [1.54, 1.807) is 29.2 Å². The summed E-state index contributed by atoms with van der Waals surface area (Å²) in [5.41, 5.74) is 2.76. The number of nitrogens with one attached hydrogen (secondary N) is 1. The summed E-state index contributed by atoms with van der Waals surface area (Å²) in [6.07, 6.45) is 5.07. The van der Waals surface area contributed by atoms with Crippen LogP contribution < -0.4 is 19.7 Å². The van der Waals surface area contributed by atoms with Gasteiger partial charge in [0.15, 0.2) is 11.5 Å². The van der Waals surface area contributed by atoms with Gasteiger partial charge in [-0.25, -0.2) is 0 Å². The van der Waals surface area contributed by atoms with Crippen LogP contribution >= 0.6 is 0 Å². The van der Waals surface area contributed by atoms with Crippen LogP contribution in [0.2, 0.25) is 0 Å². The molecule has 1 atom stereocenters. The number of hydrogen-bond donors (Lipinski definition) is 1. The molecule has 1 fully saturated rings. The van der Waals surface area contributed by atoms with Crippen molar-refractivity contribution in [2.75, 3.05) is 36.6 Å². The van der Waals surface area contributed by atoms with Crippen LogP contribution in [-0.4, -0.2) is 44.3 Å². The van der Waals surface area contributed by atoms with Crippen LogP contribution in [0.25, 0.3) is 6.08 Å². The van der Waals surface area contributed by atoms with Gasteiger partial charge in [-0.1, -0.05) is 48.6 Å². The van der Waals surface area contributed by atoms with E-state index >= 15 is 0 Å². The highest BCUT2D eigenvalue weighted by Gasteiger charge is 2.24. The van der Waals surface area contributed by atoms with E-state index in [4.69, 9.17) is 14.2 Å². The summed E-state index contributed by atoms with van der Waals surface area (Å²) in [6, 6.07) is 22.4. The quantitative estimate of drug-likeness (QED) is 0.514. The van der Waals surface area contributed by atoms with Crippen molar-refractivity contribution in [1.82, 2.24) is 0 Å². The van der Waals surface area contributed by atoms with Gasteiger partial charge in [-0.15, -0.1) is 0 Å². The standard InChI is InChI=1S/C29H28N2O5/c32-28(26-12-6-16-34-26)30-23-11-4-10-22(19-23)29(33)31(15-5-9-21-7-2-1-3-8-21)24-13-14-25-27(20-24)36-18-17-35-25/h1-5,7-11,13-14,19-20,26H,6,12,15-18H2,(H,30,32). The molecule has 2 aliphatic heterocycles. The molecule has 0 saturated carbocycles. The zero-order chi connectivity index (χ0) is 24.7. The second-order valence-electron chi connectivity index (χ2n) is 8.63. The fourth-order valence-corrected chi connectivity index (χ4v) is 4.26. The van der Waals surface area contributed by atoms with Gasteiger partial charge in [-0.2, -0.15) is 0 Å². The third-order valence-electron chi connectivity index (χ3n) is 6.08. The number of fused-ring (bicyclic) bond motifs is 1. The van der Waals surface area contributed by atoms with Gasteiger partial charge >= 0.3 is 0 Å². The summed E-state index contributed by atoms with van der Waals surface area (Å²) in [4.78, 5) is 27.9. The number of nitrogens with zero attached hydrogens (tertiary/aromatic N) is 1. The molecular weight excluding hydrogens is 456 g/mol. The Morgan fingerprint density at radius 3 is 2.56 bits per heavy atom. The fraction of sp³-hybridized carbons (Fsp3) is 0.241. The molecule has 3 aromatic carbocycles. The lowest BCUT2D eigenvalue weighted by molar-refractivity contribution is -0.124. The van der Waals surface area contributed by atoms with Crippen molar-refractivity contribution in [2.24, 2.45) is 0 Å². The van der Waals surface area contributed by atoms with Gasteiger partial charge in [0.25, 0.3) is 11.8 Å². The summed E-state index contributed by atoms with van der Waals surface area (Å²) in [7, 11) is 0. The highest BCUT2D eigenvalue weighted by molar-refractivity contribution is 6.07. The van der Waals surface area contributed by atoms with Crippen molar-refractivity contribution in [3.8, 4) is 11.5 Å². The van der Waals surface area contributed by atoms with Gasteiger partial charge in [0.2, 0.25) is 0 Å². The molecule has 2 aliphatic rings. The zero-order valence-electron chi connectivity index (χ0n) is 19.9. The summed E-state index contributed by atoms with van der Waals surface area (Å²) in [5, 5.41) is 2.88. The Hall–Kier alpha value is -4.10. The zero-order valence-corrected chi connectivity index (χ0v) is 19.9. The van der Waals surface area contributed by atoms with Crippen molar-refractivity contribution in [2.45, 2.75) is 18.9 Å². The van der Waals surface area contributed by atoms with E-state index in [1.807, 2.05) is 60.7 Å². The first-order chi connectivity index (χ1) is 17.7. The maximum atomic E-state index is 13.7. The molecule has 1 unspecified atom stereocenters. The molecule has 2 heterocycles. The molecule has 0 aromatic heterocycles. The van der Waals surface area contributed by atoms with Crippen LogP contribution in [0, 0.1) is 0 Å². The lowest BCUT2D eigenvalue weighted by Crippen LogP contribution is -2.31. The molecule has 1 N–H and O–H groups in total. The Kier molecular flexibility index (Phi) is 7.28. The molecule has 0 bridgehead atoms. The summed E-state index contributed by atoms with van der Waals surface area (Å²) in [6.45, 7) is 1.90. The Labute approximate surface area is 210 Å². The smallest absolute Gasteiger partial charge is 0.258 e. The maximum absolute atomic E-state index is 13.7. The first kappa shape index (κ1) is 23.6. The topological polar surface area (TPSA) is 77.1 Å². The Balaban J connectivity index is 1.40. The second kappa shape index (κ2) is 11.1. The van der Waals surface area contributed by atoms with Gasteiger partial charge in [0.05, 0.1) is 0 Å². The lowest BCUT2D eigenvalue weighted by Gasteiger charge is -2.25. The molecule has 1 saturated heterocycles. The molecule has 36 heavy (non-hydrogen) atoms. The van der Waals surface area contributed by atoms with E-state index in [0.717, 1.165) is 12.0 Å². The van der Waals surface area contributed by atoms with Gasteiger partial charge in [-0.3, -0.25) is 9.59 Å². The molecule has 7 heteroatoms. The van der Waals surface area contributed by atoms with E-state index in [0.29, 0.717) is 61.2 Å². The highest BCUT2D eigenvalue weighted by Crippen LogP contribution is 2.34. The lowest BCUT2D eigenvalue weighted by atomic mass is 10.1. The van der Waals surface area contributed by atoms with E-state index in [1.165, 1.54) is 0 Å². The predicted molar refractivity (Wildman–Crippen MR) is 139 cm³/mol. The van der Waals surface area contributed by atoms with E-state index < -0.39 is 6.10 Å². The molecular formula is C29H28N2O5. The summed E-state index contributed by atoms with van der Waals surface area (Å²) < 4.78 is 16.9. The van der Waals surface area contributed by atoms with E-state index in [-0.39, 0.29) is 11.8 Å². The fourth-order valence-electron chi connectivity index (χ4n) is 4.26. The minimum absolute atomic E-state index is 0.188. The predicted octanol–water partition coefficient (Wildman–Crippen LogP) is 4.94. The molecule has 7 nitrogen and oxygen atoms in total. The van der Waals surface area contributed by atoms with Crippen LogP contribution in [0.5, 0.6) is 11.5 Å². The summed E-state index contributed by atoms with van der Waals surface area (Å²) >= 11 is 0. The van der Waals surface area contributed by atoms with Crippen LogP contribution in [0.3, 0.4) is 0 Å². The Morgan fingerprint density at radius 1 is 0.917 bits per heavy atom. The number of ether oxygens (including phenoxy) is 3. The Morgan fingerprint density at radius 2 is 1.75 bits per heavy atom. The van der Waals surface area contributed by atoms with Gasteiger partial charge in [-0.05, 0) is 48.7 Å². The molecule has 0 aliphatic carbocycles. The van der Waals surface area contributed by atoms with Crippen molar-refractivity contribution in [3.63, 3.8) is 0 Å². The highest BCUT2D eigenvalue weighted by atomic mass is 16.6. The number of amides is 2. The molecule has 3 aromatic rings. The van der Waals surface area contributed by atoms with Crippen molar-refractivity contribution in [1.29, 1.82) is 0 Å². The van der Waals surface area contributed by atoms with Crippen LogP contribution in [0.4, 0.5) is 11.4 Å². The Bertz CT molecular complexity index is 1250. The monoisotopic (exact) mass is 484 g/mol. The number of carbonyl (C=O) groups excluding carboxylic acids is 2.